The summed E-state index contributed by atoms with van der Waals surface area (Å²) in [6, 6.07) is 1.65. The Morgan fingerprint density at radius 1 is 1.37 bits per heavy atom. The average Bonchev–Trinajstić information content (AvgIpc) is 2.68. The predicted octanol–water partition coefficient (Wildman–Crippen LogP) is 0.973. The van der Waals surface area contributed by atoms with E-state index in [9.17, 15) is 4.79 Å². The van der Waals surface area contributed by atoms with E-state index >= 15 is 0 Å². The van der Waals surface area contributed by atoms with E-state index in [1.165, 1.54) is 11.3 Å². The fourth-order valence-corrected chi connectivity index (χ4v) is 3.00. The van der Waals surface area contributed by atoms with Gasteiger partial charge in [0, 0.05) is 37.3 Å². The lowest BCUT2D eigenvalue weighted by Crippen LogP contribution is -2.28. The number of halogens is 1. The molecule has 0 unspecified atom stereocenters. The Hall–Kier alpha value is -0.950. The first-order valence-electron chi connectivity index (χ1n) is 6.22. The molecule has 3 rings (SSSR count). The van der Waals surface area contributed by atoms with Gasteiger partial charge in [0.15, 0.2) is 4.96 Å². The topological polar surface area (TPSA) is 49.6 Å². The van der Waals surface area contributed by atoms with Crippen LogP contribution in [0.1, 0.15) is 12.1 Å². The molecule has 19 heavy (non-hydrogen) atoms. The minimum absolute atomic E-state index is 0. The van der Waals surface area contributed by atoms with E-state index in [-0.39, 0.29) is 18.0 Å². The van der Waals surface area contributed by atoms with Gasteiger partial charge in [0.2, 0.25) is 0 Å². The molecule has 2 aromatic rings. The summed E-state index contributed by atoms with van der Waals surface area (Å²) in [5.41, 5.74) is 0.897. The second kappa shape index (κ2) is 6.47. The first kappa shape index (κ1) is 14.5. The number of thiazole rings is 1. The third kappa shape index (κ3) is 3.33. The van der Waals surface area contributed by atoms with Gasteiger partial charge in [-0.05, 0) is 19.5 Å². The number of aromatic nitrogens is 2. The van der Waals surface area contributed by atoms with Crippen LogP contribution in [-0.4, -0.2) is 40.5 Å². The Labute approximate surface area is 121 Å². The third-order valence-electron chi connectivity index (χ3n) is 3.17. The van der Waals surface area contributed by atoms with Crippen molar-refractivity contribution in [2.24, 2.45) is 0 Å². The van der Waals surface area contributed by atoms with Gasteiger partial charge in [-0.25, -0.2) is 4.98 Å². The smallest absolute Gasteiger partial charge is 0.258 e. The SMILES string of the molecule is Cl.O=c1cc(CN2CCCNCC2)nc2sccn12. The van der Waals surface area contributed by atoms with Crippen molar-refractivity contribution in [2.75, 3.05) is 26.2 Å². The molecule has 0 amide bonds. The standard InChI is InChI=1S/C12H16N4OS.ClH/c17-11-8-10(14-12-16(11)6-7-18-12)9-15-4-1-2-13-3-5-15;/h6-8,13H,1-5,9H2;1H. The highest BCUT2D eigenvalue weighted by Gasteiger charge is 2.11. The van der Waals surface area contributed by atoms with Crippen LogP contribution in [0.3, 0.4) is 0 Å². The molecule has 104 valence electrons. The molecule has 1 aliphatic heterocycles. The third-order valence-corrected chi connectivity index (χ3v) is 3.93. The van der Waals surface area contributed by atoms with Crippen molar-refractivity contribution < 1.29 is 0 Å². The van der Waals surface area contributed by atoms with Crippen LogP contribution < -0.4 is 10.9 Å². The van der Waals surface area contributed by atoms with Crippen LogP contribution in [0, 0.1) is 0 Å². The summed E-state index contributed by atoms with van der Waals surface area (Å²) in [6.45, 7) is 4.95. The molecule has 7 heteroatoms. The second-order valence-electron chi connectivity index (χ2n) is 4.52. The summed E-state index contributed by atoms with van der Waals surface area (Å²) in [4.78, 5) is 19.5. The fourth-order valence-electron chi connectivity index (χ4n) is 2.26. The summed E-state index contributed by atoms with van der Waals surface area (Å²) in [7, 11) is 0. The van der Waals surface area contributed by atoms with Crippen LogP contribution in [0.25, 0.3) is 4.96 Å². The highest BCUT2D eigenvalue weighted by Crippen LogP contribution is 2.08. The Morgan fingerprint density at radius 2 is 2.26 bits per heavy atom. The maximum absolute atomic E-state index is 11.9. The van der Waals surface area contributed by atoms with Gasteiger partial charge in [-0.2, -0.15) is 0 Å². The van der Waals surface area contributed by atoms with Crippen LogP contribution in [-0.2, 0) is 6.54 Å². The van der Waals surface area contributed by atoms with Gasteiger partial charge in [0.1, 0.15) is 0 Å². The van der Waals surface area contributed by atoms with Crippen molar-refractivity contribution in [3.63, 3.8) is 0 Å². The van der Waals surface area contributed by atoms with Gasteiger partial charge in [0.25, 0.3) is 5.56 Å². The minimum Gasteiger partial charge on any atom is -0.315 e. The molecule has 0 bridgehead atoms. The fraction of sp³-hybridized carbons (Fsp3) is 0.500. The molecule has 0 spiro atoms. The van der Waals surface area contributed by atoms with Crippen LogP contribution in [0.2, 0.25) is 0 Å². The monoisotopic (exact) mass is 300 g/mol. The molecule has 1 fully saturated rings. The molecule has 0 aromatic carbocycles. The van der Waals surface area contributed by atoms with Crippen LogP contribution >= 0.6 is 23.7 Å². The van der Waals surface area contributed by atoms with E-state index in [1.54, 1.807) is 16.7 Å². The maximum Gasteiger partial charge on any atom is 0.258 e. The summed E-state index contributed by atoms with van der Waals surface area (Å²) in [5, 5.41) is 5.27. The van der Waals surface area contributed by atoms with E-state index in [0.29, 0.717) is 0 Å². The lowest BCUT2D eigenvalue weighted by molar-refractivity contribution is 0.281. The summed E-state index contributed by atoms with van der Waals surface area (Å²) in [6.07, 6.45) is 2.93. The lowest BCUT2D eigenvalue weighted by atomic mass is 10.3. The number of nitrogens with one attached hydrogen (secondary N) is 1. The van der Waals surface area contributed by atoms with Crippen molar-refractivity contribution in [2.45, 2.75) is 13.0 Å². The first-order chi connectivity index (χ1) is 8.83. The average molecular weight is 301 g/mol. The Morgan fingerprint density at radius 3 is 3.16 bits per heavy atom. The summed E-state index contributed by atoms with van der Waals surface area (Å²) in [5.74, 6) is 0. The Kier molecular flexibility index (Phi) is 4.93. The van der Waals surface area contributed by atoms with E-state index in [1.807, 2.05) is 5.38 Å². The molecular weight excluding hydrogens is 284 g/mol. The zero-order valence-corrected chi connectivity index (χ0v) is 12.2. The molecule has 2 aromatic heterocycles. The molecule has 5 nitrogen and oxygen atoms in total. The van der Waals surface area contributed by atoms with Crippen LogP contribution in [0.15, 0.2) is 22.4 Å². The van der Waals surface area contributed by atoms with Gasteiger partial charge in [-0.15, -0.1) is 23.7 Å². The zero-order valence-electron chi connectivity index (χ0n) is 10.5. The van der Waals surface area contributed by atoms with Gasteiger partial charge in [0.05, 0.1) is 5.69 Å². The van der Waals surface area contributed by atoms with E-state index < -0.39 is 0 Å². The molecule has 0 radical (unpaired) electrons. The van der Waals surface area contributed by atoms with E-state index in [2.05, 4.69) is 15.2 Å². The largest absolute Gasteiger partial charge is 0.315 e. The molecule has 1 aliphatic rings. The number of rotatable bonds is 2. The molecule has 1 N–H and O–H groups in total. The normalized spacial score (nSPS) is 17.1. The summed E-state index contributed by atoms with van der Waals surface area (Å²) < 4.78 is 1.60. The Bertz CT molecular complexity index is 589. The molecular formula is C12H17ClN4OS. The maximum atomic E-state index is 11.9. The Balaban J connectivity index is 0.00000133. The van der Waals surface area contributed by atoms with Gasteiger partial charge < -0.3 is 5.32 Å². The number of fused-ring (bicyclic) bond motifs is 1. The van der Waals surface area contributed by atoms with Gasteiger partial charge in [-0.3, -0.25) is 14.1 Å². The van der Waals surface area contributed by atoms with Crippen molar-refractivity contribution in [3.05, 3.63) is 33.7 Å². The van der Waals surface area contributed by atoms with Crippen molar-refractivity contribution in [3.8, 4) is 0 Å². The van der Waals surface area contributed by atoms with E-state index in [4.69, 9.17) is 0 Å². The lowest BCUT2D eigenvalue weighted by Gasteiger charge is -2.18. The van der Waals surface area contributed by atoms with Gasteiger partial charge >= 0.3 is 0 Å². The zero-order chi connectivity index (χ0) is 12.4. The minimum atomic E-state index is 0. The highest BCUT2D eigenvalue weighted by atomic mass is 35.5. The molecule has 0 saturated carbocycles. The number of hydrogen-bond donors (Lipinski definition) is 1. The molecule has 3 heterocycles. The molecule has 0 aliphatic carbocycles. The second-order valence-corrected chi connectivity index (χ2v) is 5.39. The molecule has 1 saturated heterocycles. The van der Waals surface area contributed by atoms with E-state index in [0.717, 1.165) is 49.8 Å². The van der Waals surface area contributed by atoms with Crippen LogP contribution in [0.5, 0.6) is 0 Å². The number of nitrogens with zero attached hydrogens (tertiary/aromatic N) is 3. The predicted molar refractivity (Wildman–Crippen MR) is 79.4 cm³/mol. The quantitative estimate of drug-likeness (QED) is 0.898. The van der Waals surface area contributed by atoms with Crippen molar-refractivity contribution in [1.82, 2.24) is 19.6 Å². The highest BCUT2D eigenvalue weighted by molar-refractivity contribution is 7.15. The number of hydrogen-bond acceptors (Lipinski definition) is 5. The van der Waals surface area contributed by atoms with Crippen molar-refractivity contribution in [1.29, 1.82) is 0 Å². The van der Waals surface area contributed by atoms with Gasteiger partial charge in [-0.1, -0.05) is 0 Å². The van der Waals surface area contributed by atoms with Crippen LogP contribution in [0.4, 0.5) is 0 Å². The first-order valence-corrected chi connectivity index (χ1v) is 7.10. The molecule has 0 atom stereocenters. The van der Waals surface area contributed by atoms with Crippen molar-refractivity contribution >= 4 is 28.7 Å². The summed E-state index contributed by atoms with van der Waals surface area (Å²) >= 11 is 1.50.